The summed E-state index contributed by atoms with van der Waals surface area (Å²) < 4.78 is 11.8. The summed E-state index contributed by atoms with van der Waals surface area (Å²) >= 11 is 0. The lowest BCUT2D eigenvalue weighted by atomic mass is 9.90. The molecule has 0 radical (unpaired) electrons. The van der Waals surface area contributed by atoms with Crippen LogP contribution in [0.2, 0.25) is 0 Å². The number of anilines is 1. The van der Waals surface area contributed by atoms with Crippen molar-refractivity contribution in [2.75, 3.05) is 5.32 Å². The van der Waals surface area contributed by atoms with Gasteiger partial charge in [-0.3, -0.25) is 4.79 Å². The normalized spacial score (nSPS) is 19.1. The molecule has 2 aromatic rings. The second-order valence-electron chi connectivity index (χ2n) is 7.33. The first-order chi connectivity index (χ1) is 13.5. The minimum atomic E-state index is -0.480. The second kappa shape index (κ2) is 9.53. The number of hydrogen-bond donors (Lipinski definition) is 2. The number of ether oxygens (including phenoxy) is 2. The third-order valence-electron chi connectivity index (χ3n) is 4.84. The first kappa shape index (κ1) is 20.1. The highest BCUT2D eigenvalue weighted by Gasteiger charge is 2.29. The summed E-state index contributed by atoms with van der Waals surface area (Å²) in [5, 5.41) is 12.0. The largest absolute Gasteiger partial charge is 0.459 e. The standard InChI is InChI=1S/C23H27NO4/c1-16(2)19-12-21(23(26)24-20-6-4-3-5-7-20)28-22(13-19)27-15-18-10-8-17(14-25)9-11-18/h3-12,16,19,22,25H,13-15H2,1-2H3,(H,24,26)/t19-,22+/m1/s1. The quantitative estimate of drug-likeness (QED) is 0.753. The Bertz CT molecular complexity index is 799. The molecule has 2 aromatic carbocycles. The van der Waals surface area contributed by atoms with Gasteiger partial charge >= 0.3 is 0 Å². The maximum atomic E-state index is 12.6. The summed E-state index contributed by atoms with van der Waals surface area (Å²) in [7, 11) is 0. The molecule has 0 unspecified atom stereocenters. The Kier molecular flexibility index (Phi) is 6.85. The molecule has 2 atom stereocenters. The van der Waals surface area contributed by atoms with Crippen LogP contribution in [0.1, 0.15) is 31.4 Å². The van der Waals surface area contributed by atoms with Crippen LogP contribution in [0.15, 0.2) is 66.4 Å². The van der Waals surface area contributed by atoms with E-state index in [1.54, 1.807) is 0 Å². The van der Waals surface area contributed by atoms with Gasteiger partial charge in [0.25, 0.3) is 5.91 Å². The lowest BCUT2D eigenvalue weighted by molar-refractivity contribution is -0.152. The number of rotatable bonds is 7. The molecule has 148 valence electrons. The number of benzene rings is 2. The van der Waals surface area contributed by atoms with Crippen molar-refractivity contribution in [1.82, 2.24) is 0 Å². The average Bonchev–Trinajstić information content (AvgIpc) is 2.73. The summed E-state index contributed by atoms with van der Waals surface area (Å²) in [6, 6.07) is 16.9. The fourth-order valence-corrected chi connectivity index (χ4v) is 3.05. The minimum absolute atomic E-state index is 0.0215. The van der Waals surface area contributed by atoms with Crippen LogP contribution in [0.4, 0.5) is 5.69 Å². The van der Waals surface area contributed by atoms with Gasteiger partial charge < -0.3 is 19.9 Å². The van der Waals surface area contributed by atoms with Crippen molar-refractivity contribution in [1.29, 1.82) is 0 Å². The van der Waals surface area contributed by atoms with Crippen molar-refractivity contribution in [2.45, 2.75) is 39.8 Å². The lowest BCUT2D eigenvalue weighted by Gasteiger charge is -2.31. The number of hydrogen-bond acceptors (Lipinski definition) is 4. The van der Waals surface area contributed by atoms with Crippen LogP contribution < -0.4 is 5.32 Å². The number of aliphatic hydroxyl groups excluding tert-OH is 1. The van der Waals surface area contributed by atoms with E-state index < -0.39 is 6.29 Å². The van der Waals surface area contributed by atoms with Crippen LogP contribution in [0, 0.1) is 11.8 Å². The SMILES string of the molecule is CC(C)[C@@H]1C=C(C(=O)Nc2ccccc2)O[C@H](OCc2ccc(CO)cc2)C1. The Balaban J connectivity index is 1.64. The maximum Gasteiger partial charge on any atom is 0.290 e. The molecule has 1 aliphatic rings. The van der Waals surface area contributed by atoms with E-state index in [-0.39, 0.29) is 18.4 Å². The van der Waals surface area contributed by atoms with E-state index in [4.69, 9.17) is 14.6 Å². The first-order valence-corrected chi connectivity index (χ1v) is 9.60. The van der Waals surface area contributed by atoms with E-state index in [9.17, 15) is 4.79 Å². The molecule has 1 amide bonds. The molecular weight excluding hydrogens is 354 g/mol. The summed E-state index contributed by atoms with van der Waals surface area (Å²) in [6.07, 6.45) is 2.12. The maximum absolute atomic E-state index is 12.6. The average molecular weight is 381 g/mol. The highest BCUT2D eigenvalue weighted by Crippen LogP contribution is 2.29. The molecule has 3 rings (SSSR count). The third kappa shape index (κ3) is 5.44. The summed E-state index contributed by atoms with van der Waals surface area (Å²) in [4.78, 5) is 12.6. The Hall–Kier alpha value is -2.63. The van der Waals surface area contributed by atoms with Gasteiger partial charge in [0.2, 0.25) is 6.29 Å². The molecule has 2 N–H and O–H groups in total. The van der Waals surface area contributed by atoms with Crippen molar-refractivity contribution in [3.05, 3.63) is 77.6 Å². The zero-order chi connectivity index (χ0) is 19.9. The van der Waals surface area contributed by atoms with Gasteiger partial charge in [-0.2, -0.15) is 0 Å². The second-order valence-corrected chi connectivity index (χ2v) is 7.33. The molecule has 0 saturated carbocycles. The monoisotopic (exact) mass is 381 g/mol. The van der Waals surface area contributed by atoms with Gasteiger partial charge in [0.15, 0.2) is 5.76 Å². The van der Waals surface area contributed by atoms with Crippen LogP contribution in [0.5, 0.6) is 0 Å². The zero-order valence-electron chi connectivity index (χ0n) is 16.3. The van der Waals surface area contributed by atoms with Crippen molar-refractivity contribution >= 4 is 11.6 Å². The van der Waals surface area contributed by atoms with Gasteiger partial charge in [0.05, 0.1) is 13.2 Å². The Morgan fingerprint density at radius 3 is 2.46 bits per heavy atom. The van der Waals surface area contributed by atoms with Gasteiger partial charge in [-0.1, -0.05) is 56.3 Å². The van der Waals surface area contributed by atoms with Crippen LogP contribution in [0.25, 0.3) is 0 Å². The first-order valence-electron chi connectivity index (χ1n) is 9.60. The topological polar surface area (TPSA) is 67.8 Å². The van der Waals surface area contributed by atoms with E-state index >= 15 is 0 Å². The zero-order valence-corrected chi connectivity index (χ0v) is 16.3. The van der Waals surface area contributed by atoms with E-state index in [1.807, 2.05) is 60.7 Å². The van der Waals surface area contributed by atoms with Gasteiger partial charge in [-0.25, -0.2) is 0 Å². The van der Waals surface area contributed by atoms with Gasteiger partial charge in [0.1, 0.15) is 0 Å². The van der Waals surface area contributed by atoms with Crippen molar-refractivity contribution in [2.24, 2.45) is 11.8 Å². The number of nitrogens with one attached hydrogen (secondary N) is 1. The summed E-state index contributed by atoms with van der Waals surface area (Å²) in [5.41, 5.74) is 2.58. The molecule has 0 aromatic heterocycles. The molecule has 1 heterocycles. The summed E-state index contributed by atoms with van der Waals surface area (Å²) in [6.45, 7) is 4.66. The fraction of sp³-hybridized carbons (Fsp3) is 0.348. The molecule has 1 aliphatic heterocycles. The predicted molar refractivity (Wildman–Crippen MR) is 108 cm³/mol. The van der Waals surface area contributed by atoms with Crippen molar-refractivity contribution in [3.63, 3.8) is 0 Å². The number of para-hydroxylation sites is 1. The summed E-state index contributed by atoms with van der Waals surface area (Å²) in [5.74, 6) is 0.609. The molecule has 5 heteroatoms. The Morgan fingerprint density at radius 2 is 1.82 bits per heavy atom. The molecule has 0 saturated heterocycles. The van der Waals surface area contributed by atoms with Crippen molar-refractivity contribution < 1.29 is 19.4 Å². The number of aliphatic hydroxyl groups is 1. The number of carbonyl (C=O) groups is 1. The van der Waals surface area contributed by atoms with Crippen molar-refractivity contribution in [3.8, 4) is 0 Å². The molecule has 0 fully saturated rings. The van der Waals surface area contributed by atoms with Crippen LogP contribution in [-0.4, -0.2) is 17.3 Å². The van der Waals surface area contributed by atoms with Crippen LogP contribution in [-0.2, 0) is 27.5 Å². The number of amides is 1. The third-order valence-corrected chi connectivity index (χ3v) is 4.84. The molecule has 0 spiro atoms. The molecule has 5 nitrogen and oxygen atoms in total. The van der Waals surface area contributed by atoms with E-state index in [2.05, 4.69) is 19.2 Å². The Labute approximate surface area is 166 Å². The Morgan fingerprint density at radius 1 is 1.14 bits per heavy atom. The van der Waals surface area contributed by atoms with Crippen LogP contribution in [0.3, 0.4) is 0 Å². The predicted octanol–water partition coefficient (Wildman–Crippen LogP) is 4.24. The van der Waals surface area contributed by atoms with E-state index in [0.29, 0.717) is 24.7 Å². The molecular formula is C23H27NO4. The van der Waals surface area contributed by atoms with Gasteiger partial charge in [-0.15, -0.1) is 0 Å². The molecule has 28 heavy (non-hydrogen) atoms. The highest BCUT2D eigenvalue weighted by atomic mass is 16.7. The lowest BCUT2D eigenvalue weighted by Crippen LogP contribution is -2.31. The molecule has 0 bridgehead atoms. The smallest absolute Gasteiger partial charge is 0.290 e. The van der Waals surface area contributed by atoms with E-state index in [1.165, 1.54) is 0 Å². The fourth-order valence-electron chi connectivity index (χ4n) is 3.05. The minimum Gasteiger partial charge on any atom is -0.459 e. The van der Waals surface area contributed by atoms with Gasteiger partial charge in [-0.05, 0) is 41.2 Å². The van der Waals surface area contributed by atoms with Crippen LogP contribution >= 0.6 is 0 Å². The number of allylic oxidation sites excluding steroid dienone is 1. The highest BCUT2D eigenvalue weighted by molar-refractivity contribution is 6.02. The van der Waals surface area contributed by atoms with Gasteiger partial charge in [0, 0.05) is 12.1 Å². The van der Waals surface area contributed by atoms with E-state index in [0.717, 1.165) is 16.8 Å². The number of carbonyl (C=O) groups excluding carboxylic acids is 1. The molecule has 0 aliphatic carbocycles.